The first-order valence-electron chi connectivity index (χ1n) is 8.01. The predicted molar refractivity (Wildman–Crippen MR) is 84.8 cm³/mol. The van der Waals surface area contributed by atoms with Gasteiger partial charge in [0.15, 0.2) is 5.69 Å². The van der Waals surface area contributed by atoms with Gasteiger partial charge in [-0.2, -0.15) is 18.3 Å². The Morgan fingerprint density at radius 1 is 1.15 bits per heavy atom. The molecule has 1 aliphatic heterocycles. The average Bonchev–Trinajstić information content (AvgIpc) is 3.10. The quantitative estimate of drug-likeness (QED) is 0.905. The Hall–Kier alpha value is -2.84. The van der Waals surface area contributed by atoms with Gasteiger partial charge in [-0.05, 0) is 37.1 Å². The Labute approximate surface area is 146 Å². The van der Waals surface area contributed by atoms with Crippen molar-refractivity contribution in [2.24, 2.45) is 5.92 Å². The number of benzene rings is 1. The van der Waals surface area contributed by atoms with E-state index in [2.05, 4.69) is 5.10 Å². The number of halogens is 3. The van der Waals surface area contributed by atoms with E-state index < -0.39 is 23.6 Å². The summed E-state index contributed by atoms with van der Waals surface area (Å²) in [4.78, 5) is 24.9. The molecule has 6 nitrogen and oxygen atoms in total. The van der Waals surface area contributed by atoms with Crippen molar-refractivity contribution in [3.63, 3.8) is 0 Å². The van der Waals surface area contributed by atoms with Crippen LogP contribution in [0.3, 0.4) is 0 Å². The molecule has 1 amide bonds. The number of hydrogen-bond acceptors (Lipinski definition) is 3. The smallest absolute Gasteiger partial charge is 0.416 e. The Bertz CT molecular complexity index is 824. The average molecular weight is 367 g/mol. The molecule has 138 valence electrons. The summed E-state index contributed by atoms with van der Waals surface area (Å²) in [6, 6.07) is 6.10. The molecule has 1 saturated heterocycles. The Morgan fingerprint density at radius 2 is 1.85 bits per heavy atom. The number of carboxylic acid groups (broad SMARTS) is 1. The van der Waals surface area contributed by atoms with Crippen LogP contribution in [-0.4, -0.2) is 44.8 Å². The summed E-state index contributed by atoms with van der Waals surface area (Å²) in [5, 5.41) is 13.1. The molecule has 1 N–H and O–H groups in total. The van der Waals surface area contributed by atoms with Crippen molar-refractivity contribution in [1.82, 2.24) is 14.7 Å². The van der Waals surface area contributed by atoms with Crippen LogP contribution < -0.4 is 0 Å². The zero-order valence-electron chi connectivity index (χ0n) is 13.6. The minimum atomic E-state index is -4.46. The van der Waals surface area contributed by atoms with Gasteiger partial charge in [-0.3, -0.25) is 9.59 Å². The maximum atomic E-state index is 12.8. The van der Waals surface area contributed by atoms with Crippen molar-refractivity contribution >= 4 is 11.9 Å². The number of hydrogen-bond donors (Lipinski definition) is 1. The lowest BCUT2D eigenvalue weighted by Gasteiger charge is -2.29. The molecule has 1 fully saturated rings. The minimum Gasteiger partial charge on any atom is -0.481 e. The van der Waals surface area contributed by atoms with Crippen LogP contribution in [0.5, 0.6) is 0 Å². The fraction of sp³-hybridized carbons (Fsp3) is 0.353. The molecule has 2 heterocycles. The van der Waals surface area contributed by atoms with Gasteiger partial charge >= 0.3 is 12.1 Å². The van der Waals surface area contributed by atoms with Crippen molar-refractivity contribution in [3.8, 4) is 5.69 Å². The lowest BCUT2D eigenvalue weighted by molar-refractivity contribution is -0.143. The number of piperidine rings is 1. The third kappa shape index (κ3) is 3.71. The monoisotopic (exact) mass is 367 g/mol. The molecule has 1 aromatic heterocycles. The third-order valence-electron chi connectivity index (χ3n) is 4.38. The largest absolute Gasteiger partial charge is 0.481 e. The van der Waals surface area contributed by atoms with Gasteiger partial charge in [0.2, 0.25) is 0 Å². The lowest BCUT2D eigenvalue weighted by Crippen LogP contribution is -2.40. The number of carboxylic acids is 1. The fourth-order valence-electron chi connectivity index (χ4n) is 2.90. The van der Waals surface area contributed by atoms with E-state index in [0.717, 1.165) is 12.1 Å². The van der Waals surface area contributed by atoms with E-state index in [4.69, 9.17) is 5.11 Å². The molecule has 0 bridgehead atoms. The van der Waals surface area contributed by atoms with Gasteiger partial charge in [0.1, 0.15) is 0 Å². The van der Waals surface area contributed by atoms with Gasteiger partial charge in [0.05, 0.1) is 17.2 Å². The van der Waals surface area contributed by atoms with E-state index in [1.54, 1.807) is 0 Å². The number of nitrogens with zero attached hydrogens (tertiary/aromatic N) is 3. The molecule has 3 rings (SSSR count). The highest BCUT2D eigenvalue weighted by Gasteiger charge is 2.31. The summed E-state index contributed by atoms with van der Waals surface area (Å²) < 4.78 is 39.7. The predicted octanol–water partition coefficient (Wildman–Crippen LogP) is 2.83. The number of amides is 1. The molecule has 1 aliphatic rings. The summed E-state index contributed by atoms with van der Waals surface area (Å²) >= 11 is 0. The van der Waals surface area contributed by atoms with Crippen molar-refractivity contribution in [2.45, 2.75) is 19.0 Å². The number of carbonyl (C=O) groups is 2. The van der Waals surface area contributed by atoms with Crippen LogP contribution in [0.4, 0.5) is 13.2 Å². The second-order valence-electron chi connectivity index (χ2n) is 6.10. The normalized spacial score (nSPS) is 15.9. The first-order valence-corrected chi connectivity index (χ1v) is 8.01. The summed E-state index contributed by atoms with van der Waals surface area (Å²) in [5.74, 6) is -1.69. The number of aromatic nitrogens is 2. The Kier molecular flexibility index (Phi) is 4.71. The zero-order valence-corrected chi connectivity index (χ0v) is 13.6. The maximum absolute atomic E-state index is 12.8. The molecule has 0 unspecified atom stereocenters. The van der Waals surface area contributed by atoms with E-state index in [9.17, 15) is 22.8 Å². The van der Waals surface area contributed by atoms with Crippen molar-refractivity contribution in [3.05, 3.63) is 47.8 Å². The molecular formula is C17H16F3N3O3. The molecule has 0 atom stereocenters. The number of carbonyl (C=O) groups excluding carboxylic acids is 1. The summed E-state index contributed by atoms with van der Waals surface area (Å²) in [6.07, 6.45) is -2.30. The van der Waals surface area contributed by atoms with Gasteiger partial charge in [-0.1, -0.05) is 6.07 Å². The topological polar surface area (TPSA) is 75.4 Å². The van der Waals surface area contributed by atoms with E-state index in [-0.39, 0.29) is 17.3 Å². The molecule has 9 heteroatoms. The summed E-state index contributed by atoms with van der Waals surface area (Å²) in [5.41, 5.74) is -0.492. The van der Waals surface area contributed by atoms with Crippen LogP contribution in [0.15, 0.2) is 36.5 Å². The van der Waals surface area contributed by atoms with Crippen LogP contribution >= 0.6 is 0 Å². The van der Waals surface area contributed by atoms with Crippen molar-refractivity contribution in [2.75, 3.05) is 13.1 Å². The Balaban J connectivity index is 1.74. The van der Waals surface area contributed by atoms with Crippen LogP contribution in [0, 0.1) is 5.92 Å². The maximum Gasteiger partial charge on any atom is 0.416 e. The van der Waals surface area contributed by atoms with E-state index >= 15 is 0 Å². The lowest BCUT2D eigenvalue weighted by atomic mass is 9.97. The summed E-state index contributed by atoms with van der Waals surface area (Å²) in [6.45, 7) is 0.623. The van der Waals surface area contributed by atoms with E-state index in [1.165, 1.54) is 34.0 Å². The molecule has 0 saturated carbocycles. The highest BCUT2D eigenvalue weighted by molar-refractivity contribution is 5.92. The van der Waals surface area contributed by atoms with Gasteiger partial charge < -0.3 is 10.0 Å². The molecule has 26 heavy (non-hydrogen) atoms. The zero-order chi connectivity index (χ0) is 18.9. The van der Waals surface area contributed by atoms with Crippen LogP contribution in [0.2, 0.25) is 0 Å². The first-order chi connectivity index (χ1) is 12.3. The highest BCUT2D eigenvalue weighted by Crippen LogP contribution is 2.30. The molecule has 0 radical (unpaired) electrons. The third-order valence-corrected chi connectivity index (χ3v) is 4.38. The number of aliphatic carboxylic acids is 1. The fourth-order valence-corrected chi connectivity index (χ4v) is 2.90. The van der Waals surface area contributed by atoms with Crippen LogP contribution in [0.1, 0.15) is 28.9 Å². The molecule has 1 aromatic carbocycles. The van der Waals surface area contributed by atoms with Gasteiger partial charge in [-0.15, -0.1) is 0 Å². The number of rotatable bonds is 3. The highest BCUT2D eigenvalue weighted by atomic mass is 19.4. The molecule has 0 spiro atoms. The SMILES string of the molecule is O=C(O)C1CCN(C(=O)c2ccn(-c3cccc(C(F)(F)F)c3)n2)CC1. The van der Waals surface area contributed by atoms with Crippen LogP contribution in [0.25, 0.3) is 5.69 Å². The number of alkyl halides is 3. The van der Waals surface area contributed by atoms with Gasteiger partial charge in [-0.25, -0.2) is 4.68 Å². The van der Waals surface area contributed by atoms with Crippen LogP contribution in [-0.2, 0) is 11.0 Å². The van der Waals surface area contributed by atoms with E-state index in [1.807, 2.05) is 0 Å². The Morgan fingerprint density at radius 3 is 2.46 bits per heavy atom. The van der Waals surface area contributed by atoms with Gasteiger partial charge in [0, 0.05) is 19.3 Å². The first kappa shape index (κ1) is 18.0. The standard InChI is InChI=1S/C17H16F3N3O3/c18-17(19,20)12-2-1-3-13(10-12)23-9-6-14(21-23)15(24)22-7-4-11(5-8-22)16(25)26/h1-3,6,9-11H,4-5,7-8H2,(H,25,26). The van der Waals surface area contributed by atoms with Crippen molar-refractivity contribution in [1.29, 1.82) is 0 Å². The van der Waals surface area contributed by atoms with E-state index in [0.29, 0.717) is 25.9 Å². The van der Waals surface area contributed by atoms with Crippen molar-refractivity contribution < 1.29 is 27.9 Å². The second-order valence-corrected chi connectivity index (χ2v) is 6.10. The summed E-state index contributed by atoms with van der Waals surface area (Å²) in [7, 11) is 0. The van der Waals surface area contributed by atoms with Gasteiger partial charge in [0.25, 0.3) is 5.91 Å². The molecule has 2 aromatic rings. The molecule has 0 aliphatic carbocycles. The molecular weight excluding hydrogens is 351 g/mol. The number of likely N-dealkylation sites (tertiary alicyclic amines) is 1. The minimum absolute atomic E-state index is 0.108. The second kappa shape index (κ2) is 6.81.